The topological polar surface area (TPSA) is 30.2 Å². The highest BCUT2D eigenvalue weighted by molar-refractivity contribution is 6.29. The number of hydrogen-bond donors (Lipinski definition) is 0. The van der Waals surface area contributed by atoms with Gasteiger partial charge in [-0.15, -0.1) is 0 Å². The molecule has 0 atom stereocenters. The van der Waals surface area contributed by atoms with Crippen molar-refractivity contribution in [1.29, 1.82) is 0 Å². The SMILES string of the molecule is Clc1ccc2nc(/C=C/c3ccccc3)cn2n1. The Hall–Kier alpha value is -2.13. The average Bonchev–Trinajstić information content (AvgIpc) is 2.79. The molecule has 0 aliphatic carbocycles. The van der Waals surface area contributed by atoms with Gasteiger partial charge in [-0.3, -0.25) is 0 Å². The lowest BCUT2D eigenvalue weighted by atomic mass is 10.2. The first-order chi connectivity index (χ1) is 8.81. The molecule has 88 valence electrons. The van der Waals surface area contributed by atoms with Gasteiger partial charge in [0.15, 0.2) is 5.65 Å². The van der Waals surface area contributed by atoms with Crippen molar-refractivity contribution in [2.45, 2.75) is 0 Å². The van der Waals surface area contributed by atoms with Crippen molar-refractivity contribution >= 4 is 29.4 Å². The van der Waals surface area contributed by atoms with Crippen molar-refractivity contribution in [2.24, 2.45) is 0 Å². The number of hydrogen-bond acceptors (Lipinski definition) is 2. The average molecular weight is 256 g/mol. The molecule has 0 aliphatic heterocycles. The van der Waals surface area contributed by atoms with Gasteiger partial charge >= 0.3 is 0 Å². The van der Waals surface area contributed by atoms with E-state index in [0.29, 0.717) is 5.15 Å². The van der Waals surface area contributed by atoms with E-state index in [9.17, 15) is 0 Å². The molecule has 18 heavy (non-hydrogen) atoms. The Morgan fingerprint density at radius 1 is 1.00 bits per heavy atom. The second-order valence-corrected chi connectivity index (χ2v) is 4.26. The van der Waals surface area contributed by atoms with E-state index in [1.807, 2.05) is 54.7 Å². The molecular weight excluding hydrogens is 246 g/mol. The van der Waals surface area contributed by atoms with Gasteiger partial charge in [0, 0.05) is 0 Å². The van der Waals surface area contributed by atoms with E-state index in [-0.39, 0.29) is 0 Å². The normalized spacial score (nSPS) is 11.4. The van der Waals surface area contributed by atoms with Crippen LogP contribution in [-0.4, -0.2) is 14.6 Å². The minimum Gasteiger partial charge on any atom is -0.228 e. The minimum absolute atomic E-state index is 0.457. The Bertz CT molecular complexity index is 701. The molecule has 0 bridgehead atoms. The van der Waals surface area contributed by atoms with Crippen LogP contribution in [0.5, 0.6) is 0 Å². The summed E-state index contributed by atoms with van der Waals surface area (Å²) in [6.45, 7) is 0. The molecule has 4 heteroatoms. The van der Waals surface area contributed by atoms with Crippen LogP contribution >= 0.6 is 11.6 Å². The number of imidazole rings is 1. The third kappa shape index (κ3) is 2.26. The third-order valence-electron chi connectivity index (χ3n) is 2.55. The number of nitrogens with zero attached hydrogens (tertiary/aromatic N) is 3. The molecule has 0 unspecified atom stereocenters. The molecule has 2 heterocycles. The van der Waals surface area contributed by atoms with E-state index < -0.39 is 0 Å². The molecule has 0 fully saturated rings. The molecule has 3 aromatic rings. The molecule has 1 aromatic carbocycles. The lowest BCUT2D eigenvalue weighted by Gasteiger charge is -1.90. The first-order valence-electron chi connectivity index (χ1n) is 5.56. The Morgan fingerprint density at radius 3 is 2.67 bits per heavy atom. The van der Waals surface area contributed by atoms with Crippen molar-refractivity contribution < 1.29 is 0 Å². The van der Waals surface area contributed by atoms with Crippen molar-refractivity contribution in [3.8, 4) is 0 Å². The van der Waals surface area contributed by atoms with Crippen LogP contribution in [0.1, 0.15) is 11.3 Å². The summed E-state index contributed by atoms with van der Waals surface area (Å²) in [6, 6.07) is 13.7. The summed E-state index contributed by atoms with van der Waals surface area (Å²) in [7, 11) is 0. The van der Waals surface area contributed by atoms with Gasteiger partial charge in [0.1, 0.15) is 5.15 Å². The molecule has 0 saturated carbocycles. The highest BCUT2D eigenvalue weighted by atomic mass is 35.5. The summed E-state index contributed by atoms with van der Waals surface area (Å²) in [5.41, 5.74) is 2.78. The predicted octanol–water partition coefficient (Wildman–Crippen LogP) is 3.55. The van der Waals surface area contributed by atoms with Gasteiger partial charge in [-0.05, 0) is 23.8 Å². The first-order valence-corrected chi connectivity index (χ1v) is 5.94. The summed E-state index contributed by atoms with van der Waals surface area (Å²) in [5, 5.41) is 4.59. The van der Waals surface area contributed by atoms with Gasteiger partial charge in [0.05, 0.1) is 11.9 Å². The Labute approximate surface area is 109 Å². The van der Waals surface area contributed by atoms with Gasteiger partial charge in [-0.2, -0.15) is 5.10 Å². The maximum absolute atomic E-state index is 5.82. The Balaban J connectivity index is 1.93. The van der Waals surface area contributed by atoms with Crippen molar-refractivity contribution in [3.63, 3.8) is 0 Å². The maximum Gasteiger partial charge on any atom is 0.154 e. The van der Waals surface area contributed by atoms with Gasteiger partial charge in [0.2, 0.25) is 0 Å². The molecule has 0 spiro atoms. The lowest BCUT2D eigenvalue weighted by molar-refractivity contribution is 0.936. The molecule has 0 radical (unpaired) electrons. The molecule has 0 N–H and O–H groups in total. The van der Waals surface area contributed by atoms with Gasteiger partial charge < -0.3 is 0 Å². The second kappa shape index (κ2) is 4.63. The van der Waals surface area contributed by atoms with E-state index in [0.717, 1.165) is 16.9 Å². The Kier molecular flexibility index (Phi) is 2.82. The lowest BCUT2D eigenvalue weighted by Crippen LogP contribution is -1.88. The van der Waals surface area contributed by atoms with E-state index in [1.54, 1.807) is 10.6 Å². The Morgan fingerprint density at radius 2 is 1.83 bits per heavy atom. The zero-order valence-corrected chi connectivity index (χ0v) is 10.2. The molecule has 0 amide bonds. The monoisotopic (exact) mass is 255 g/mol. The van der Waals surface area contributed by atoms with Crippen LogP contribution in [-0.2, 0) is 0 Å². The van der Waals surface area contributed by atoms with Crippen molar-refractivity contribution in [1.82, 2.24) is 14.6 Å². The molecule has 0 saturated heterocycles. The molecular formula is C14H10ClN3. The van der Waals surface area contributed by atoms with Crippen LogP contribution < -0.4 is 0 Å². The zero-order valence-electron chi connectivity index (χ0n) is 9.49. The summed E-state index contributed by atoms with van der Waals surface area (Å²) in [4.78, 5) is 4.42. The molecule has 3 rings (SSSR count). The second-order valence-electron chi connectivity index (χ2n) is 3.87. The molecule has 0 aliphatic rings. The van der Waals surface area contributed by atoms with E-state index >= 15 is 0 Å². The number of benzene rings is 1. The minimum atomic E-state index is 0.457. The number of fused-ring (bicyclic) bond motifs is 1. The fourth-order valence-corrected chi connectivity index (χ4v) is 1.85. The van der Waals surface area contributed by atoms with E-state index in [1.165, 1.54) is 0 Å². The summed E-state index contributed by atoms with van der Waals surface area (Å²) in [5.74, 6) is 0. The van der Waals surface area contributed by atoms with Gasteiger partial charge in [-0.1, -0.05) is 48.0 Å². The van der Waals surface area contributed by atoms with Crippen molar-refractivity contribution in [3.05, 3.63) is 65.1 Å². The standard InChI is InChI=1S/C14H10ClN3/c15-13-8-9-14-16-12(10-18(14)17-13)7-6-11-4-2-1-3-5-11/h1-10H/b7-6+. The number of aromatic nitrogens is 3. The summed E-state index contributed by atoms with van der Waals surface area (Å²) >= 11 is 5.82. The fraction of sp³-hybridized carbons (Fsp3) is 0. The van der Waals surface area contributed by atoms with Crippen LogP contribution in [0.3, 0.4) is 0 Å². The largest absolute Gasteiger partial charge is 0.228 e. The third-order valence-corrected chi connectivity index (χ3v) is 2.75. The number of rotatable bonds is 2. The maximum atomic E-state index is 5.82. The van der Waals surface area contributed by atoms with Crippen LogP contribution in [0.15, 0.2) is 48.7 Å². The molecule has 2 aromatic heterocycles. The zero-order chi connectivity index (χ0) is 12.4. The quantitative estimate of drug-likeness (QED) is 0.701. The number of halogens is 1. The van der Waals surface area contributed by atoms with Gasteiger partial charge in [-0.25, -0.2) is 9.50 Å². The summed E-state index contributed by atoms with van der Waals surface area (Å²) in [6.07, 6.45) is 5.82. The fourth-order valence-electron chi connectivity index (χ4n) is 1.70. The first kappa shape index (κ1) is 11.0. The van der Waals surface area contributed by atoms with Crippen LogP contribution in [0.4, 0.5) is 0 Å². The summed E-state index contributed by atoms with van der Waals surface area (Å²) < 4.78 is 1.67. The smallest absolute Gasteiger partial charge is 0.154 e. The van der Waals surface area contributed by atoms with E-state index in [2.05, 4.69) is 10.1 Å². The highest BCUT2D eigenvalue weighted by Crippen LogP contribution is 2.11. The van der Waals surface area contributed by atoms with Crippen LogP contribution in [0.2, 0.25) is 5.15 Å². The molecule has 3 nitrogen and oxygen atoms in total. The highest BCUT2D eigenvalue weighted by Gasteiger charge is 1.99. The predicted molar refractivity (Wildman–Crippen MR) is 73.4 cm³/mol. The van der Waals surface area contributed by atoms with Crippen LogP contribution in [0, 0.1) is 0 Å². The van der Waals surface area contributed by atoms with Crippen molar-refractivity contribution in [2.75, 3.05) is 0 Å². The van der Waals surface area contributed by atoms with E-state index in [4.69, 9.17) is 11.6 Å². The van der Waals surface area contributed by atoms with Gasteiger partial charge in [0.25, 0.3) is 0 Å². The van der Waals surface area contributed by atoms with Crippen LogP contribution in [0.25, 0.3) is 17.8 Å².